The second kappa shape index (κ2) is 33.8. The molecule has 119 heavy (non-hydrogen) atoms. The Morgan fingerprint density at radius 3 is 1.20 bits per heavy atom. The third-order valence-corrected chi connectivity index (χ3v) is 23.1. The maximum absolute atomic E-state index is 15.2. The van der Waals surface area contributed by atoms with Gasteiger partial charge in [0.25, 0.3) is 0 Å². The van der Waals surface area contributed by atoms with Gasteiger partial charge < -0.3 is 14.5 Å². The van der Waals surface area contributed by atoms with Crippen molar-refractivity contribution in [2.45, 2.75) is 203 Å². The van der Waals surface area contributed by atoms with Crippen LogP contribution >= 0.6 is 0 Å². The van der Waals surface area contributed by atoms with Crippen molar-refractivity contribution in [3.63, 3.8) is 0 Å². The van der Waals surface area contributed by atoms with Gasteiger partial charge in [0, 0.05) is 104 Å². The van der Waals surface area contributed by atoms with Gasteiger partial charge in [0.05, 0.1) is 0 Å². The van der Waals surface area contributed by atoms with E-state index in [-0.39, 0.29) is 130 Å². The van der Waals surface area contributed by atoms with Gasteiger partial charge in [-0.1, -0.05) is 169 Å². The summed E-state index contributed by atoms with van der Waals surface area (Å²) < 4.78 is 261. The normalized spacial score (nSPS) is 17.0. The molecule has 0 spiro atoms. The first-order chi connectivity index (χ1) is 55.7. The van der Waals surface area contributed by atoms with E-state index in [1.54, 1.807) is 18.2 Å². The zero-order valence-corrected chi connectivity index (χ0v) is 64.3. The maximum atomic E-state index is 15.2. The molecule has 0 radical (unpaired) electrons. The van der Waals surface area contributed by atoms with Crippen LogP contribution in [-0.2, 0) is 45.1 Å². The van der Waals surface area contributed by atoms with Gasteiger partial charge in [0.1, 0.15) is 11.4 Å². The number of halogens is 18. The quantitative estimate of drug-likeness (QED) is 0.0160. The Kier molecular flexibility index (Phi) is 24.8. The summed E-state index contributed by atoms with van der Waals surface area (Å²) in [5.74, 6) is -6.87. The molecule has 1 saturated carbocycles. The smallest absolute Gasteiger partial charge is 0.318 e. The highest BCUT2D eigenvalue weighted by molar-refractivity contribution is 6.52. The Morgan fingerprint density at radius 2 is 0.765 bits per heavy atom. The zero-order valence-electron chi connectivity index (χ0n) is 64.3. The zero-order chi connectivity index (χ0) is 86.3. The fourth-order valence-electron chi connectivity index (χ4n) is 17.6. The summed E-state index contributed by atoms with van der Waals surface area (Å²) in [4.78, 5) is 96.5. The number of alkyl halides is 18. The van der Waals surface area contributed by atoms with Crippen molar-refractivity contribution >= 4 is 58.0 Å². The van der Waals surface area contributed by atoms with Crippen molar-refractivity contribution in [2.24, 2.45) is 27.3 Å². The van der Waals surface area contributed by atoms with Crippen molar-refractivity contribution in [3.8, 4) is 44.5 Å². The topological polar surface area (TPSA) is 167 Å². The van der Waals surface area contributed by atoms with Gasteiger partial charge >= 0.3 is 55.0 Å². The van der Waals surface area contributed by atoms with E-state index in [1.807, 2.05) is 0 Å². The summed E-state index contributed by atoms with van der Waals surface area (Å²) in [6.45, 7) is 4.42. The average Bonchev–Trinajstić information content (AvgIpc) is 1.57. The number of oxime groups is 3. The molecule has 7 aromatic rings. The molecule has 0 aromatic heterocycles. The summed E-state index contributed by atoms with van der Waals surface area (Å²) in [6, 6.07) is 30.7. The number of fused-ring (bicyclic) bond motifs is 9. The molecule has 0 aliphatic heterocycles. The van der Waals surface area contributed by atoms with Crippen LogP contribution in [0, 0.1) is 18.8 Å². The summed E-state index contributed by atoms with van der Waals surface area (Å²) in [5.41, 5.74) is -5.57. The Hall–Kier alpha value is -10.8. The Bertz CT molecular complexity index is 5270. The van der Waals surface area contributed by atoms with Crippen molar-refractivity contribution in [2.75, 3.05) is 0 Å². The molecule has 30 heteroatoms. The lowest BCUT2D eigenvalue weighted by molar-refractivity contribution is -0.145. The SMILES string of the molecule is CC(=O)O/N=C(\CC1CCCCC1)C(=O)c1ccc2c(c1)C(CCC(F)(F)F)(CCC(F)(F)F)c1cc(C3=CCC(/C(=N\OC(C)=O)C(=O)c4ccc5c(c4)C(CCC(F)(F)F)(CCC(F)(F)F)c4cc(-c6ccc(/C(=N\OC(C)=O)C(=O)c7ccc8c(c7)C(CCC(F)(F)F)(CCC(F)(F)F)c7ccccc7-8)c(C)c6)ccc4-5)C=C3)ccc1-2. The second-order valence-corrected chi connectivity index (χ2v) is 31.1. The molecule has 0 heterocycles. The van der Waals surface area contributed by atoms with Crippen LogP contribution in [0.3, 0.4) is 0 Å². The summed E-state index contributed by atoms with van der Waals surface area (Å²) in [7, 11) is 0. The van der Waals surface area contributed by atoms with Crippen molar-refractivity contribution < 1.29 is 122 Å². The minimum atomic E-state index is -4.99. The number of Topliss-reactive ketones (excluding diaryl/α,β-unsaturated/α-hetero) is 3. The van der Waals surface area contributed by atoms with Crippen molar-refractivity contribution in [1.29, 1.82) is 0 Å². The van der Waals surface area contributed by atoms with E-state index in [9.17, 15) is 103 Å². The van der Waals surface area contributed by atoms with E-state index in [2.05, 4.69) is 15.5 Å². The molecule has 12 rings (SSSR count). The molecule has 1 unspecified atom stereocenters. The molecular formula is C89H77F18N3O9. The molecule has 0 saturated heterocycles. The lowest BCUT2D eigenvalue weighted by atomic mass is 9.70. The number of nitrogens with zero attached hydrogens (tertiary/aromatic N) is 3. The third kappa shape index (κ3) is 19.7. The maximum Gasteiger partial charge on any atom is 0.389 e. The van der Waals surface area contributed by atoms with Crippen LogP contribution in [0.25, 0.3) is 50.1 Å². The largest absolute Gasteiger partial charge is 0.389 e. The van der Waals surface area contributed by atoms with Gasteiger partial charge in [-0.25, -0.2) is 14.4 Å². The van der Waals surface area contributed by atoms with Crippen LogP contribution < -0.4 is 0 Å². The lowest BCUT2D eigenvalue weighted by Gasteiger charge is -2.34. The van der Waals surface area contributed by atoms with Crippen LogP contribution in [0.5, 0.6) is 0 Å². The van der Waals surface area contributed by atoms with Gasteiger partial charge in [0.2, 0.25) is 17.3 Å². The number of aryl methyl sites for hydroxylation is 1. The Morgan fingerprint density at radius 1 is 0.395 bits per heavy atom. The third-order valence-electron chi connectivity index (χ3n) is 23.1. The first-order valence-electron chi connectivity index (χ1n) is 38.4. The van der Waals surface area contributed by atoms with Crippen LogP contribution in [0.15, 0.2) is 167 Å². The Labute approximate surface area is 670 Å². The summed E-state index contributed by atoms with van der Waals surface area (Å²) in [6.07, 6.45) is -35.9. The molecule has 0 amide bonds. The lowest BCUT2D eigenvalue weighted by Crippen LogP contribution is -2.30. The van der Waals surface area contributed by atoms with Crippen LogP contribution in [0.2, 0.25) is 0 Å². The number of hydrogen-bond donors (Lipinski definition) is 0. The highest BCUT2D eigenvalue weighted by Gasteiger charge is 2.52. The van der Waals surface area contributed by atoms with E-state index in [1.165, 1.54) is 134 Å². The van der Waals surface area contributed by atoms with Gasteiger partial charge in [-0.15, -0.1) is 0 Å². The molecule has 628 valence electrons. The number of ketones is 3. The molecular weight excluding hydrogens is 1600 g/mol. The highest BCUT2D eigenvalue weighted by Crippen LogP contribution is 2.60. The van der Waals surface area contributed by atoms with E-state index in [4.69, 9.17) is 14.5 Å². The molecule has 0 bridgehead atoms. The fraction of sp³-hybridized carbons (Fsp3) is 0.382. The number of rotatable bonds is 27. The minimum absolute atomic E-state index is 0.00331. The number of hydrogen-bond acceptors (Lipinski definition) is 12. The summed E-state index contributed by atoms with van der Waals surface area (Å²) >= 11 is 0. The number of carbonyl (C=O) groups is 6. The van der Waals surface area contributed by atoms with Gasteiger partial charge in [0.15, 0.2) is 5.71 Å². The molecule has 5 aliphatic carbocycles. The van der Waals surface area contributed by atoms with Crippen LogP contribution in [0.4, 0.5) is 79.0 Å². The van der Waals surface area contributed by atoms with E-state index >= 15 is 4.79 Å². The number of carbonyl (C=O) groups excluding carboxylic acids is 6. The molecule has 12 nitrogen and oxygen atoms in total. The molecule has 1 fully saturated rings. The highest BCUT2D eigenvalue weighted by atomic mass is 19.4. The standard InChI is InChI=1S/C89H77F18N3O9/c1-49-42-56(18-24-62(49)77(110-119-52(4)113)80(116)61-23-28-64-63-12-8-9-13-69(63)81(72(64)48-61,30-36-84(90,91)92)31-37-85(93,94)95)58-20-26-66-68-29-22-60(47-74(68)83(71(66)45-58,34-40-88(102,103)104)35-41-89(105,106)107)79(115)76(109-118-51(3)112)55-16-14-54(15-17-55)57-19-25-65-67-27-21-59(78(114)75(108-117-50(2)111)43-53-10-6-5-7-11-53)46-73(67)82(70(65)44-57,32-38-86(96,97)98)33-39-87(99,100)101/h8-9,12-16,18-29,42,44-48,53,55H,5-7,10-11,17,30-41,43H2,1-4H3/b108-75+,109-76+,110-77+. The monoisotopic (exact) mass is 1670 g/mol. The van der Waals surface area contributed by atoms with E-state index in [0.29, 0.717) is 11.1 Å². The first-order valence-corrected chi connectivity index (χ1v) is 38.4. The molecule has 5 aliphatic rings. The average molecular weight is 1670 g/mol. The van der Waals surface area contributed by atoms with Gasteiger partial charge in [-0.3, -0.25) is 14.4 Å². The number of benzene rings is 7. The fourth-order valence-corrected chi connectivity index (χ4v) is 17.6. The molecule has 7 aromatic carbocycles. The van der Waals surface area contributed by atoms with Crippen LogP contribution in [0.1, 0.15) is 224 Å². The first kappa shape index (κ1) is 87.5. The predicted molar refractivity (Wildman–Crippen MR) is 406 cm³/mol. The molecule has 0 N–H and O–H groups in total. The van der Waals surface area contributed by atoms with Gasteiger partial charge in [-0.05, 0) is 189 Å². The second-order valence-electron chi connectivity index (χ2n) is 31.1. The van der Waals surface area contributed by atoms with Crippen LogP contribution in [-0.4, -0.2) is 89.5 Å². The van der Waals surface area contributed by atoms with Crippen molar-refractivity contribution in [3.05, 3.63) is 218 Å². The minimum Gasteiger partial charge on any atom is -0.318 e. The van der Waals surface area contributed by atoms with Crippen molar-refractivity contribution in [1.82, 2.24) is 0 Å². The molecule has 1 atom stereocenters. The summed E-state index contributed by atoms with van der Waals surface area (Å²) in [5, 5.41) is 11.7. The predicted octanol–water partition coefficient (Wildman–Crippen LogP) is 24.5. The number of allylic oxidation sites excluding steroid dienone is 4. The van der Waals surface area contributed by atoms with E-state index < -0.39 is 183 Å². The Balaban J connectivity index is 0.875. The van der Waals surface area contributed by atoms with Gasteiger partial charge in [-0.2, -0.15) is 79.0 Å². The van der Waals surface area contributed by atoms with E-state index in [0.717, 1.165) is 58.9 Å².